The highest BCUT2D eigenvalue weighted by molar-refractivity contribution is 5.72. The second-order valence-electron chi connectivity index (χ2n) is 7.17. The summed E-state index contributed by atoms with van der Waals surface area (Å²) in [5, 5.41) is 0. The van der Waals surface area contributed by atoms with E-state index in [1.807, 2.05) is 0 Å². The Morgan fingerprint density at radius 3 is 1.57 bits per heavy atom. The van der Waals surface area contributed by atoms with Crippen molar-refractivity contribution in [1.29, 1.82) is 0 Å². The molecule has 0 N–H and O–H groups in total. The highest BCUT2D eigenvalue weighted by Crippen LogP contribution is 2.17. The monoisotopic (exact) mass is 328 g/mol. The summed E-state index contributed by atoms with van der Waals surface area (Å²) in [7, 11) is 1.48. The SMILES string of the molecule is COC(=O)C(CN1C[C@@H](C)O[C@@H](C)C1)CN1C[C@H](C)O[C@@H](C)C1. The number of methoxy groups -OCH3 is 1. The summed E-state index contributed by atoms with van der Waals surface area (Å²) < 4.78 is 16.6. The standard InChI is InChI=1S/C17H32N2O4/c1-12-6-18(7-13(2)22-12)10-16(17(20)21-5)11-19-8-14(3)23-15(4)9-19/h12-16H,6-11H2,1-5H3/t12-,13-,14-,15+,16?/m0/s1. The van der Waals surface area contributed by atoms with Crippen molar-refractivity contribution in [1.82, 2.24) is 9.80 Å². The molecule has 5 atom stereocenters. The van der Waals surface area contributed by atoms with Gasteiger partial charge in [-0.25, -0.2) is 0 Å². The number of nitrogens with zero attached hydrogens (tertiary/aromatic N) is 2. The fourth-order valence-corrected chi connectivity index (χ4v) is 3.86. The zero-order valence-electron chi connectivity index (χ0n) is 15.2. The Labute approximate surface area is 140 Å². The van der Waals surface area contributed by atoms with Gasteiger partial charge < -0.3 is 14.2 Å². The minimum atomic E-state index is -0.130. The maximum Gasteiger partial charge on any atom is 0.311 e. The molecule has 2 saturated heterocycles. The van der Waals surface area contributed by atoms with Gasteiger partial charge in [-0.05, 0) is 27.7 Å². The highest BCUT2D eigenvalue weighted by atomic mass is 16.5. The van der Waals surface area contributed by atoms with Gasteiger partial charge in [0.2, 0.25) is 0 Å². The Morgan fingerprint density at radius 1 is 0.913 bits per heavy atom. The molecule has 23 heavy (non-hydrogen) atoms. The molecule has 0 saturated carbocycles. The normalized spacial score (nSPS) is 35.0. The van der Waals surface area contributed by atoms with E-state index in [9.17, 15) is 4.79 Å². The number of carbonyl (C=O) groups is 1. The summed E-state index contributed by atoms with van der Waals surface area (Å²) in [4.78, 5) is 16.9. The molecular formula is C17H32N2O4. The first-order valence-corrected chi connectivity index (χ1v) is 8.70. The number of hydrogen-bond acceptors (Lipinski definition) is 6. The van der Waals surface area contributed by atoms with E-state index in [4.69, 9.17) is 14.2 Å². The summed E-state index contributed by atoms with van der Waals surface area (Å²) in [5.41, 5.74) is 0. The lowest BCUT2D eigenvalue weighted by Gasteiger charge is -2.39. The first-order chi connectivity index (χ1) is 10.9. The van der Waals surface area contributed by atoms with Crippen LogP contribution < -0.4 is 0 Å². The largest absolute Gasteiger partial charge is 0.469 e. The van der Waals surface area contributed by atoms with E-state index in [1.54, 1.807) is 0 Å². The van der Waals surface area contributed by atoms with E-state index in [0.717, 1.165) is 39.3 Å². The van der Waals surface area contributed by atoms with Crippen LogP contribution in [0.2, 0.25) is 0 Å². The summed E-state index contributed by atoms with van der Waals surface area (Å²) in [5.74, 6) is -0.251. The van der Waals surface area contributed by atoms with E-state index in [-0.39, 0.29) is 36.3 Å². The van der Waals surface area contributed by atoms with Crippen LogP contribution in [0.5, 0.6) is 0 Å². The lowest BCUT2D eigenvalue weighted by Crippen LogP contribution is -2.52. The lowest BCUT2D eigenvalue weighted by molar-refractivity contribution is -0.150. The zero-order chi connectivity index (χ0) is 17.0. The fraction of sp³-hybridized carbons (Fsp3) is 0.941. The van der Waals surface area contributed by atoms with Crippen molar-refractivity contribution >= 4 is 5.97 Å². The average Bonchev–Trinajstić information content (AvgIpc) is 2.43. The Balaban J connectivity index is 1.95. The summed E-state index contributed by atoms with van der Waals surface area (Å²) >= 11 is 0. The number of ether oxygens (including phenoxy) is 3. The molecule has 0 aromatic heterocycles. The maximum atomic E-state index is 12.2. The van der Waals surface area contributed by atoms with Crippen LogP contribution in [0.1, 0.15) is 27.7 Å². The lowest BCUT2D eigenvalue weighted by atomic mass is 10.1. The molecule has 0 aliphatic carbocycles. The van der Waals surface area contributed by atoms with E-state index >= 15 is 0 Å². The number of esters is 1. The number of hydrogen-bond donors (Lipinski definition) is 0. The van der Waals surface area contributed by atoms with Crippen LogP contribution in [-0.4, -0.2) is 86.6 Å². The molecule has 2 aliphatic heterocycles. The van der Waals surface area contributed by atoms with Crippen molar-refractivity contribution in [2.75, 3.05) is 46.4 Å². The van der Waals surface area contributed by atoms with Crippen LogP contribution in [0.4, 0.5) is 0 Å². The summed E-state index contributed by atoms with van der Waals surface area (Å²) in [6.45, 7) is 13.3. The minimum absolute atomic E-state index is 0.122. The van der Waals surface area contributed by atoms with Gasteiger partial charge in [0.05, 0.1) is 37.4 Å². The van der Waals surface area contributed by atoms with Crippen molar-refractivity contribution in [2.45, 2.75) is 52.1 Å². The van der Waals surface area contributed by atoms with E-state index in [2.05, 4.69) is 37.5 Å². The quantitative estimate of drug-likeness (QED) is 0.702. The van der Waals surface area contributed by atoms with Crippen molar-refractivity contribution in [3.05, 3.63) is 0 Å². The number of rotatable bonds is 5. The molecule has 6 heteroatoms. The van der Waals surface area contributed by atoms with Crippen molar-refractivity contribution in [3.8, 4) is 0 Å². The van der Waals surface area contributed by atoms with Gasteiger partial charge >= 0.3 is 5.97 Å². The third kappa shape index (κ3) is 5.71. The topological polar surface area (TPSA) is 51.2 Å². The van der Waals surface area contributed by atoms with Gasteiger partial charge in [0.1, 0.15) is 0 Å². The van der Waals surface area contributed by atoms with Crippen LogP contribution in [-0.2, 0) is 19.0 Å². The van der Waals surface area contributed by atoms with E-state index in [1.165, 1.54) is 7.11 Å². The summed E-state index contributed by atoms with van der Waals surface area (Å²) in [6.07, 6.45) is 0.835. The first-order valence-electron chi connectivity index (χ1n) is 8.70. The van der Waals surface area contributed by atoms with Gasteiger partial charge in [0.15, 0.2) is 0 Å². The third-order valence-electron chi connectivity index (χ3n) is 4.48. The minimum Gasteiger partial charge on any atom is -0.469 e. The van der Waals surface area contributed by atoms with Crippen molar-refractivity contribution in [3.63, 3.8) is 0 Å². The second-order valence-corrected chi connectivity index (χ2v) is 7.17. The van der Waals surface area contributed by atoms with Crippen LogP contribution >= 0.6 is 0 Å². The van der Waals surface area contributed by atoms with Crippen LogP contribution in [0.3, 0.4) is 0 Å². The predicted molar refractivity (Wildman–Crippen MR) is 88.4 cm³/mol. The molecule has 0 aromatic carbocycles. The number of morpholine rings is 2. The molecule has 2 heterocycles. The van der Waals surface area contributed by atoms with Gasteiger partial charge in [-0.1, -0.05) is 0 Å². The van der Waals surface area contributed by atoms with Gasteiger partial charge in [0, 0.05) is 39.3 Å². The molecule has 6 nitrogen and oxygen atoms in total. The van der Waals surface area contributed by atoms with Crippen molar-refractivity contribution < 1.29 is 19.0 Å². The molecule has 0 spiro atoms. The molecule has 0 radical (unpaired) electrons. The molecule has 0 aromatic rings. The first kappa shape index (κ1) is 18.6. The van der Waals surface area contributed by atoms with E-state index < -0.39 is 0 Å². The van der Waals surface area contributed by atoms with Crippen LogP contribution in [0, 0.1) is 5.92 Å². The average molecular weight is 328 g/mol. The Kier molecular flexibility index (Phi) is 6.83. The Bertz CT molecular complexity index is 345. The molecule has 134 valence electrons. The fourth-order valence-electron chi connectivity index (χ4n) is 3.86. The zero-order valence-corrected chi connectivity index (χ0v) is 15.2. The van der Waals surface area contributed by atoms with Gasteiger partial charge in [-0.3, -0.25) is 14.6 Å². The molecule has 2 fully saturated rings. The van der Waals surface area contributed by atoms with Crippen molar-refractivity contribution in [2.24, 2.45) is 5.92 Å². The van der Waals surface area contributed by atoms with Gasteiger partial charge in [0.25, 0.3) is 0 Å². The predicted octanol–water partition coefficient (Wildman–Crippen LogP) is 0.994. The smallest absolute Gasteiger partial charge is 0.311 e. The van der Waals surface area contributed by atoms with Crippen LogP contribution in [0.25, 0.3) is 0 Å². The molecular weight excluding hydrogens is 296 g/mol. The van der Waals surface area contributed by atoms with Gasteiger partial charge in [-0.2, -0.15) is 0 Å². The second kappa shape index (κ2) is 8.42. The molecule has 2 rings (SSSR count). The van der Waals surface area contributed by atoms with E-state index in [0.29, 0.717) is 0 Å². The molecule has 2 aliphatic rings. The summed E-state index contributed by atoms with van der Waals surface area (Å²) in [6, 6.07) is 0. The third-order valence-corrected chi connectivity index (χ3v) is 4.48. The number of carbonyl (C=O) groups excluding carboxylic acids is 1. The van der Waals surface area contributed by atoms with Gasteiger partial charge in [-0.15, -0.1) is 0 Å². The Hall–Kier alpha value is -0.690. The molecule has 1 unspecified atom stereocenters. The Morgan fingerprint density at radius 2 is 1.26 bits per heavy atom. The van der Waals surface area contributed by atoms with Crippen LogP contribution in [0.15, 0.2) is 0 Å². The molecule has 0 amide bonds. The maximum absolute atomic E-state index is 12.2. The highest BCUT2D eigenvalue weighted by Gasteiger charge is 2.31. The molecule has 0 bridgehead atoms.